The lowest BCUT2D eigenvalue weighted by molar-refractivity contribution is -0.137. The minimum Gasteiger partial charge on any atom is -0.439 e. The van der Waals surface area contributed by atoms with Gasteiger partial charge in [0.25, 0.3) is 5.91 Å². The molecule has 0 bridgehead atoms. The second kappa shape index (κ2) is 9.98. The molecular formula is C25H18F4N4O3. The Morgan fingerprint density at radius 2 is 1.81 bits per heavy atom. The number of rotatable bonds is 6. The van der Waals surface area contributed by atoms with E-state index in [1.807, 2.05) is 0 Å². The second-order valence-corrected chi connectivity index (χ2v) is 7.70. The van der Waals surface area contributed by atoms with E-state index in [9.17, 15) is 27.2 Å². The summed E-state index contributed by atoms with van der Waals surface area (Å²) in [7, 11) is 0. The minimum atomic E-state index is -4.56. The fourth-order valence-corrected chi connectivity index (χ4v) is 3.29. The average molecular weight is 498 g/mol. The van der Waals surface area contributed by atoms with Gasteiger partial charge in [-0.25, -0.2) is 14.1 Å². The molecule has 0 radical (unpaired) electrons. The van der Waals surface area contributed by atoms with Crippen molar-refractivity contribution in [3.05, 3.63) is 111 Å². The van der Waals surface area contributed by atoms with E-state index >= 15 is 0 Å². The smallest absolute Gasteiger partial charge is 0.416 e. The van der Waals surface area contributed by atoms with Gasteiger partial charge in [0, 0.05) is 30.6 Å². The number of hydrogen-bond acceptors (Lipinski definition) is 5. The van der Waals surface area contributed by atoms with Crippen molar-refractivity contribution in [2.24, 2.45) is 0 Å². The van der Waals surface area contributed by atoms with Crippen LogP contribution in [-0.4, -0.2) is 20.7 Å². The molecule has 0 aliphatic carbocycles. The summed E-state index contributed by atoms with van der Waals surface area (Å²) >= 11 is 0. The van der Waals surface area contributed by atoms with Gasteiger partial charge >= 0.3 is 6.18 Å². The van der Waals surface area contributed by atoms with Crippen LogP contribution >= 0.6 is 0 Å². The lowest BCUT2D eigenvalue weighted by atomic mass is 10.2. The Bertz CT molecular complexity index is 1470. The first-order chi connectivity index (χ1) is 17.1. The molecule has 1 amide bonds. The van der Waals surface area contributed by atoms with E-state index in [0.717, 1.165) is 22.9 Å². The summed E-state index contributed by atoms with van der Waals surface area (Å²) in [6.07, 6.45) is -3.11. The minimum absolute atomic E-state index is 0.0142. The number of aromatic nitrogens is 3. The van der Waals surface area contributed by atoms with Crippen molar-refractivity contribution in [2.45, 2.75) is 19.6 Å². The number of carbonyl (C=O) groups is 1. The predicted molar refractivity (Wildman–Crippen MR) is 121 cm³/mol. The van der Waals surface area contributed by atoms with Crippen LogP contribution in [0.15, 0.2) is 77.7 Å². The number of alkyl halides is 3. The van der Waals surface area contributed by atoms with Gasteiger partial charge in [0.1, 0.15) is 11.6 Å². The molecule has 0 spiro atoms. The first-order valence-corrected chi connectivity index (χ1v) is 10.6. The van der Waals surface area contributed by atoms with E-state index < -0.39 is 34.6 Å². The van der Waals surface area contributed by atoms with Gasteiger partial charge in [0.15, 0.2) is 5.69 Å². The highest BCUT2D eigenvalue weighted by molar-refractivity contribution is 5.92. The molecule has 2 aromatic heterocycles. The molecule has 4 aromatic rings. The maximum absolute atomic E-state index is 13.1. The Labute approximate surface area is 202 Å². The molecule has 7 nitrogen and oxygen atoms in total. The van der Waals surface area contributed by atoms with Crippen molar-refractivity contribution >= 4 is 5.91 Å². The molecule has 4 rings (SSSR count). The van der Waals surface area contributed by atoms with Crippen LogP contribution in [0.4, 0.5) is 17.6 Å². The van der Waals surface area contributed by atoms with Crippen molar-refractivity contribution < 1.29 is 27.1 Å². The predicted octanol–water partition coefficient (Wildman–Crippen LogP) is 4.82. The first kappa shape index (κ1) is 24.6. The first-order valence-electron chi connectivity index (χ1n) is 10.6. The van der Waals surface area contributed by atoms with Crippen molar-refractivity contribution in [3.63, 3.8) is 0 Å². The summed E-state index contributed by atoms with van der Waals surface area (Å²) in [5, 5.41) is 6.58. The SMILES string of the molecule is Cc1cc(=O)c(C(=O)NCc2ccnc(Oc3ccc(F)cc3)c2)nn1-c1cccc(C(F)(F)F)c1. The van der Waals surface area contributed by atoms with E-state index in [-0.39, 0.29) is 23.8 Å². The Morgan fingerprint density at radius 3 is 2.53 bits per heavy atom. The van der Waals surface area contributed by atoms with E-state index in [4.69, 9.17) is 4.74 Å². The molecule has 2 aromatic carbocycles. The summed E-state index contributed by atoms with van der Waals surface area (Å²) in [6, 6.07) is 14.0. The lowest BCUT2D eigenvalue weighted by Gasteiger charge is -2.13. The van der Waals surface area contributed by atoms with Crippen LogP contribution in [0.2, 0.25) is 0 Å². The lowest BCUT2D eigenvalue weighted by Crippen LogP contribution is -2.31. The third kappa shape index (κ3) is 5.74. The number of carbonyl (C=O) groups excluding carboxylic acids is 1. The molecule has 184 valence electrons. The molecule has 0 saturated carbocycles. The third-order valence-electron chi connectivity index (χ3n) is 5.03. The Morgan fingerprint density at radius 1 is 1.06 bits per heavy atom. The molecule has 0 fully saturated rings. The molecule has 36 heavy (non-hydrogen) atoms. The number of halogens is 4. The van der Waals surface area contributed by atoms with Gasteiger partial charge in [-0.15, -0.1) is 0 Å². The Balaban J connectivity index is 1.52. The van der Waals surface area contributed by atoms with Crippen molar-refractivity contribution in [1.82, 2.24) is 20.1 Å². The number of nitrogens with zero attached hydrogens (tertiary/aromatic N) is 3. The van der Waals surface area contributed by atoms with Crippen molar-refractivity contribution in [3.8, 4) is 17.3 Å². The zero-order valence-electron chi connectivity index (χ0n) is 18.7. The van der Waals surface area contributed by atoms with Gasteiger partial charge in [-0.1, -0.05) is 6.07 Å². The van der Waals surface area contributed by atoms with Crippen LogP contribution in [0.25, 0.3) is 5.69 Å². The fourth-order valence-electron chi connectivity index (χ4n) is 3.29. The Hall–Kier alpha value is -4.54. The summed E-state index contributed by atoms with van der Waals surface area (Å²) in [4.78, 5) is 29.2. The number of benzene rings is 2. The number of aryl methyl sites for hydroxylation is 1. The van der Waals surface area contributed by atoms with Gasteiger partial charge in [0.2, 0.25) is 11.3 Å². The van der Waals surface area contributed by atoms with Gasteiger partial charge < -0.3 is 10.1 Å². The monoisotopic (exact) mass is 498 g/mol. The highest BCUT2D eigenvalue weighted by atomic mass is 19.4. The van der Waals surface area contributed by atoms with Gasteiger partial charge in [-0.05, 0) is 61.0 Å². The Kier molecular flexibility index (Phi) is 6.82. The number of amides is 1. The molecule has 0 aliphatic rings. The maximum atomic E-state index is 13.1. The largest absolute Gasteiger partial charge is 0.439 e. The normalized spacial score (nSPS) is 11.2. The molecule has 11 heteroatoms. The summed E-state index contributed by atoms with van der Waals surface area (Å²) in [5.74, 6) is -0.653. The number of nitrogens with one attached hydrogen (secondary N) is 1. The van der Waals surface area contributed by atoms with Crippen LogP contribution in [0.5, 0.6) is 11.6 Å². The second-order valence-electron chi connectivity index (χ2n) is 7.70. The molecular weight excluding hydrogens is 480 g/mol. The molecule has 2 heterocycles. The van der Waals surface area contributed by atoms with Crippen molar-refractivity contribution in [2.75, 3.05) is 0 Å². The average Bonchev–Trinajstić information content (AvgIpc) is 2.84. The van der Waals surface area contributed by atoms with E-state index in [0.29, 0.717) is 11.3 Å². The number of ether oxygens (including phenoxy) is 1. The summed E-state index contributed by atoms with van der Waals surface area (Å²) in [6.45, 7) is 1.48. The molecule has 0 atom stereocenters. The highest BCUT2D eigenvalue weighted by Gasteiger charge is 2.30. The third-order valence-corrected chi connectivity index (χ3v) is 5.03. The summed E-state index contributed by atoms with van der Waals surface area (Å²) in [5.41, 5.74) is -1.15. The van der Waals surface area contributed by atoms with Gasteiger partial charge in [-0.3, -0.25) is 9.59 Å². The number of pyridine rings is 1. The van der Waals surface area contributed by atoms with Crippen LogP contribution in [0, 0.1) is 12.7 Å². The van der Waals surface area contributed by atoms with Crippen LogP contribution < -0.4 is 15.5 Å². The molecule has 0 aliphatic heterocycles. The van der Waals surface area contributed by atoms with Crippen LogP contribution in [0.1, 0.15) is 27.3 Å². The van der Waals surface area contributed by atoms with Crippen molar-refractivity contribution in [1.29, 1.82) is 0 Å². The van der Waals surface area contributed by atoms with Crippen LogP contribution in [0.3, 0.4) is 0 Å². The van der Waals surface area contributed by atoms with E-state index in [2.05, 4.69) is 15.4 Å². The number of hydrogen-bond donors (Lipinski definition) is 1. The molecule has 0 saturated heterocycles. The maximum Gasteiger partial charge on any atom is 0.416 e. The van der Waals surface area contributed by atoms with E-state index in [1.165, 1.54) is 49.5 Å². The van der Waals surface area contributed by atoms with E-state index in [1.54, 1.807) is 12.1 Å². The fraction of sp³-hybridized carbons (Fsp3) is 0.120. The zero-order chi connectivity index (χ0) is 25.9. The zero-order valence-corrected chi connectivity index (χ0v) is 18.7. The van der Waals surface area contributed by atoms with Gasteiger partial charge in [-0.2, -0.15) is 18.3 Å². The highest BCUT2D eigenvalue weighted by Crippen LogP contribution is 2.30. The topological polar surface area (TPSA) is 86.1 Å². The quantitative estimate of drug-likeness (QED) is 0.386. The standard InChI is InChI=1S/C25H18F4N4O3/c1-15-11-21(34)23(32-33(15)19-4-2-3-17(13-19)25(27,28)29)24(35)31-14-16-9-10-30-22(12-16)36-20-7-5-18(26)6-8-20/h2-13H,14H2,1H3,(H,31,35). The molecule has 1 N–H and O–H groups in total. The molecule has 0 unspecified atom stereocenters. The summed E-state index contributed by atoms with van der Waals surface area (Å²) < 4.78 is 59.1. The van der Waals surface area contributed by atoms with Crippen LogP contribution in [-0.2, 0) is 12.7 Å². The van der Waals surface area contributed by atoms with Gasteiger partial charge in [0.05, 0.1) is 11.3 Å².